The number of rotatable bonds is 7. The molecular formula is C18H21N3O2S. The number of aromatic nitrogens is 1. The van der Waals surface area contributed by atoms with Gasteiger partial charge in [-0.2, -0.15) is 0 Å². The highest BCUT2D eigenvalue weighted by Crippen LogP contribution is 2.11. The van der Waals surface area contributed by atoms with Gasteiger partial charge in [0.05, 0.1) is 0 Å². The van der Waals surface area contributed by atoms with Gasteiger partial charge in [-0.15, -0.1) is 0 Å². The Balaban J connectivity index is 1.78. The van der Waals surface area contributed by atoms with Crippen molar-refractivity contribution < 1.29 is 4.79 Å². The molecule has 0 saturated carbocycles. The van der Waals surface area contributed by atoms with Gasteiger partial charge in [0.2, 0.25) is 5.91 Å². The van der Waals surface area contributed by atoms with Crippen molar-refractivity contribution in [2.75, 3.05) is 5.32 Å². The Morgan fingerprint density at radius 1 is 1.25 bits per heavy atom. The number of nitrogens with zero attached hydrogens (tertiary/aromatic N) is 1. The van der Waals surface area contributed by atoms with Crippen LogP contribution in [0.3, 0.4) is 0 Å². The zero-order chi connectivity index (χ0) is 17.5. The number of hydrogen-bond donors (Lipinski definition) is 2. The second kappa shape index (κ2) is 8.40. The summed E-state index contributed by atoms with van der Waals surface area (Å²) in [7, 11) is 0. The van der Waals surface area contributed by atoms with Gasteiger partial charge in [-0.05, 0) is 43.5 Å². The molecule has 1 heterocycles. The Morgan fingerprint density at radius 3 is 2.75 bits per heavy atom. The van der Waals surface area contributed by atoms with Crippen LogP contribution in [-0.4, -0.2) is 15.5 Å². The molecule has 0 aliphatic carbocycles. The molecule has 0 bridgehead atoms. The summed E-state index contributed by atoms with van der Waals surface area (Å²) in [6.45, 7) is 2.51. The van der Waals surface area contributed by atoms with Crippen LogP contribution in [0.25, 0.3) is 0 Å². The highest BCUT2D eigenvalue weighted by molar-refractivity contribution is 7.80. The van der Waals surface area contributed by atoms with E-state index in [0.29, 0.717) is 30.1 Å². The second-order valence-corrected chi connectivity index (χ2v) is 6.13. The van der Waals surface area contributed by atoms with Crippen LogP contribution in [-0.2, 0) is 11.3 Å². The number of hydrogen-bond acceptors (Lipinski definition) is 3. The molecule has 0 aliphatic rings. The van der Waals surface area contributed by atoms with Crippen molar-refractivity contribution in [3.8, 4) is 0 Å². The third-order valence-electron chi connectivity index (χ3n) is 3.64. The fourth-order valence-electron chi connectivity index (χ4n) is 2.33. The Bertz CT molecular complexity index is 799. The van der Waals surface area contributed by atoms with Gasteiger partial charge in [-0.25, -0.2) is 0 Å². The van der Waals surface area contributed by atoms with Gasteiger partial charge in [0.15, 0.2) is 0 Å². The molecule has 0 radical (unpaired) electrons. The molecular weight excluding hydrogens is 322 g/mol. The minimum absolute atomic E-state index is 0.00554. The number of pyridine rings is 1. The van der Waals surface area contributed by atoms with E-state index in [1.807, 2.05) is 13.0 Å². The summed E-state index contributed by atoms with van der Waals surface area (Å²) >= 11 is 4.92. The molecule has 5 nitrogen and oxygen atoms in total. The van der Waals surface area contributed by atoms with Gasteiger partial charge in [0.25, 0.3) is 5.56 Å². The minimum atomic E-state index is -0.0636. The van der Waals surface area contributed by atoms with Crippen LogP contribution in [0, 0.1) is 6.92 Å². The van der Waals surface area contributed by atoms with Crippen LogP contribution >= 0.6 is 12.2 Å². The lowest BCUT2D eigenvalue weighted by Crippen LogP contribution is -2.19. The number of benzene rings is 1. The third-order valence-corrected chi connectivity index (χ3v) is 3.87. The molecule has 24 heavy (non-hydrogen) atoms. The molecule has 1 aromatic heterocycles. The monoisotopic (exact) mass is 343 g/mol. The summed E-state index contributed by atoms with van der Waals surface area (Å²) in [5.74, 6) is -0.0636. The first-order valence-electron chi connectivity index (χ1n) is 7.82. The maximum atomic E-state index is 12.0. The average Bonchev–Trinajstić information content (AvgIpc) is 2.53. The lowest BCUT2D eigenvalue weighted by Gasteiger charge is -2.08. The first kappa shape index (κ1) is 17.9. The maximum Gasteiger partial charge on any atom is 0.250 e. The smallest absolute Gasteiger partial charge is 0.250 e. The van der Waals surface area contributed by atoms with Crippen molar-refractivity contribution in [2.45, 2.75) is 32.7 Å². The van der Waals surface area contributed by atoms with Crippen LogP contribution in [0.4, 0.5) is 5.69 Å². The predicted molar refractivity (Wildman–Crippen MR) is 100 cm³/mol. The fraction of sp³-hybridized carbons (Fsp3) is 0.278. The summed E-state index contributed by atoms with van der Waals surface area (Å²) in [6.07, 6.45) is 3.67. The molecule has 6 heteroatoms. The molecule has 126 valence electrons. The van der Waals surface area contributed by atoms with Crippen molar-refractivity contribution in [1.29, 1.82) is 0 Å². The fourth-order valence-corrected chi connectivity index (χ4v) is 2.46. The molecule has 0 unspecified atom stereocenters. The normalized spacial score (nSPS) is 10.4. The first-order chi connectivity index (χ1) is 11.5. The molecule has 3 N–H and O–H groups in total. The number of aryl methyl sites for hydroxylation is 2. The summed E-state index contributed by atoms with van der Waals surface area (Å²) < 4.78 is 1.66. The molecule has 0 fully saturated rings. The van der Waals surface area contributed by atoms with Gasteiger partial charge < -0.3 is 15.6 Å². The van der Waals surface area contributed by atoms with Crippen LogP contribution in [0.5, 0.6) is 0 Å². The Labute approximate surface area is 146 Å². The summed E-state index contributed by atoms with van der Waals surface area (Å²) in [5.41, 5.74) is 7.93. The summed E-state index contributed by atoms with van der Waals surface area (Å²) in [6, 6.07) is 10.7. The van der Waals surface area contributed by atoms with E-state index in [4.69, 9.17) is 18.0 Å². The lowest BCUT2D eigenvalue weighted by atomic mass is 10.2. The van der Waals surface area contributed by atoms with Gasteiger partial charge in [0.1, 0.15) is 4.99 Å². The highest BCUT2D eigenvalue weighted by atomic mass is 32.1. The standard InChI is InChI=1S/C18H21N3O2S/c1-13-8-10-21(17(23)11-13)9-3-2-7-16(22)20-15-6-4-5-14(12-15)18(19)24/h4-6,8,10-12H,2-3,7,9H2,1H3,(H2,19,24)(H,20,22). The molecule has 0 aliphatic heterocycles. The number of nitrogens with one attached hydrogen (secondary N) is 1. The van der Waals surface area contributed by atoms with E-state index in [1.54, 1.807) is 41.1 Å². The SMILES string of the molecule is Cc1ccn(CCCCC(=O)Nc2cccc(C(N)=S)c2)c(=O)c1. The zero-order valence-electron chi connectivity index (χ0n) is 13.6. The van der Waals surface area contributed by atoms with Crippen molar-refractivity contribution in [3.63, 3.8) is 0 Å². The third kappa shape index (κ3) is 5.31. The van der Waals surface area contributed by atoms with Crippen LogP contribution in [0.1, 0.15) is 30.4 Å². The topological polar surface area (TPSA) is 77.1 Å². The number of nitrogens with two attached hydrogens (primary N) is 1. The van der Waals surface area contributed by atoms with Crippen molar-refractivity contribution in [2.24, 2.45) is 5.73 Å². The van der Waals surface area contributed by atoms with E-state index in [0.717, 1.165) is 17.5 Å². The number of carbonyl (C=O) groups is 1. The Kier molecular flexibility index (Phi) is 6.26. The van der Waals surface area contributed by atoms with E-state index in [2.05, 4.69) is 5.32 Å². The van der Waals surface area contributed by atoms with E-state index in [1.165, 1.54) is 0 Å². The number of carbonyl (C=O) groups excluding carboxylic acids is 1. The molecule has 2 aromatic rings. The number of thiocarbonyl (C=S) groups is 1. The zero-order valence-corrected chi connectivity index (χ0v) is 14.4. The average molecular weight is 343 g/mol. The number of amides is 1. The molecule has 0 saturated heterocycles. The van der Waals surface area contributed by atoms with E-state index in [9.17, 15) is 9.59 Å². The lowest BCUT2D eigenvalue weighted by molar-refractivity contribution is -0.116. The predicted octanol–water partition coefficient (Wildman–Crippen LogP) is 2.60. The summed E-state index contributed by atoms with van der Waals surface area (Å²) in [5, 5.41) is 2.83. The van der Waals surface area contributed by atoms with Crippen LogP contribution < -0.4 is 16.6 Å². The van der Waals surface area contributed by atoms with Crippen molar-refractivity contribution >= 4 is 28.8 Å². The molecule has 1 aromatic carbocycles. The largest absolute Gasteiger partial charge is 0.389 e. The molecule has 1 amide bonds. The maximum absolute atomic E-state index is 12.0. The van der Waals surface area contributed by atoms with Crippen LogP contribution in [0.15, 0.2) is 47.4 Å². The van der Waals surface area contributed by atoms with Gasteiger partial charge in [0, 0.05) is 36.5 Å². The molecule has 0 spiro atoms. The summed E-state index contributed by atoms with van der Waals surface area (Å²) in [4.78, 5) is 24.0. The molecule has 2 rings (SSSR count). The van der Waals surface area contributed by atoms with Gasteiger partial charge >= 0.3 is 0 Å². The minimum Gasteiger partial charge on any atom is -0.389 e. The number of anilines is 1. The Hall–Kier alpha value is -2.47. The van der Waals surface area contributed by atoms with E-state index >= 15 is 0 Å². The van der Waals surface area contributed by atoms with Gasteiger partial charge in [-0.1, -0.05) is 24.4 Å². The van der Waals surface area contributed by atoms with E-state index < -0.39 is 0 Å². The van der Waals surface area contributed by atoms with Crippen LogP contribution in [0.2, 0.25) is 0 Å². The number of unbranched alkanes of at least 4 members (excludes halogenated alkanes) is 1. The highest BCUT2D eigenvalue weighted by Gasteiger charge is 2.04. The van der Waals surface area contributed by atoms with Gasteiger partial charge in [-0.3, -0.25) is 9.59 Å². The quantitative estimate of drug-likeness (QED) is 0.598. The first-order valence-corrected chi connectivity index (χ1v) is 8.23. The van der Waals surface area contributed by atoms with E-state index in [-0.39, 0.29) is 11.5 Å². The van der Waals surface area contributed by atoms with Crippen molar-refractivity contribution in [1.82, 2.24) is 4.57 Å². The van der Waals surface area contributed by atoms with Crippen molar-refractivity contribution in [3.05, 3.63) is 64.1 Å². The Morgan fingerprint density at radius 2 is 2.04 bits per heavy atom. The molecule has 0 atom stereocenters. The second-order valence-electron chi connectivity index (χ2n) is 5.69.